The van der Waals surface area contributed by atoms with E-state index in [2.05, 4.69) is 38.8 Å². The standard InChI is InChI=1S/C25H37N5O3/c1-17(2)18-6-8-19(9-7-18)29-13-10-20(11-14-29)30-23(16-27-25(31)32)22(15-28-33-3)21-5-4-12-26-24(21)30/h4-5,12,15,17-20,27H,6-11,13-14,16H2,1-3H3,(H,31,32)/t18-,19+. The fraction of sp³-hybridized carbons (Fsp3) is 0.640. The number of carbonyl (C=O) groups is 1. The molecule has 0 aromatic carbocycles. The van der Waals surface area contributed by atoms with Crippen molar-refractivity contribution in [3.05, 3.63) is 29.6 Å². The first kappa shape index (κ1) is 23.5. The van der Waals surface area contributed by atoms with Crippen LogP contribution >= 0.6 is 0 Å². The average molecular weight is 456 g/mol. The van der Waals surface area contributed by atoms with E-state index < -0.39 is 6.09 Å². The van der Waals surface area contributed by atoms with Gasteiger partial charge in [0, 0.05) is 48.0 Å². The van der Waals surface area contributed by atoms with Crippen molar-refractivity contribution in [2.75, 3.05) is 20.2 Å². The van der Waals surface area contributed by atoms with Crippen molar-refractivity contribution in [1.82, 2.24) is 19.8 Å². The molecule has 33 heavy (non-hydrogen) atoms. The highest BCUT2D eigenvalue weighted by Crippen LogP contribution is 2.36. The van der Waals surface area contributed by atoms with Gasteiger partial charge in [0.2, 0.25) is 0 Å². The first-order chi connectivity index (χ1) is 16.0. The number of amides is 1. The van der Waals surface area contributed by atoms with Gasteiger partial charge in [-0.05, 0) is 62.5 Å². The maximum Gasteiger partial charge on any atom is 0.404 e. The van der Waals surface area contributed by atoms with Crippen LogP contribution in [0.15, 0.2) is 23.5 Å². The lowest BCUT2D eigenvalue weighted by molar-refractivity contribution is 0.0888. The summed E-state index contributed by atoms with van der Waals surface area (Å²) in [5, 5.41) is 16.7. The van der Waals surface area contributed by atoms with Crippen molar-refractivity contribution in [1.29, 1.82) is 0 Å². The highest BCUT2D eigenvalue weighted by atomic mass is 16.6. The predicted molar refractivity (Wildman–Crippen MR) is 130 cm³/mol. The molecule has 2 N–H and O–H groups in total. The van der Waals surface area contributed by atoms with Gasteiger partial charge in [-0.1, -0.05) is 19.0 Å². The number of hydrogen-bond acceptors (Lipinski definition) is 5. The Labute approximate surface area is 196 Å². The van der Waals surface area contributed by atoms with Crippen LogP contribution in [0.4, 0.5) is 4.79 Å². The molecule has 4 rings (SSSR count). The zero-order chi connectivity index (χ0) is 23.4. The highest BCUT2D eigenvalue weighted by Gasteiger charge is 2.32. The lowest BCUT2D eigenvalue weighted by Crippen LogP contribution is -2.44. The number of oxime groups is 1. The van der Waals surface area contributed by atoms with E-state index in [-0.39, 0.29) is 12.6 Å². The quantitative estimate of drug-likeness (QED) is 0.469. The van der Waals surface area contributed by atoms with Crippen LogP contribution in [0, 0.1) is 11.8 Å². The van der Waals surface area contributed by atoms with Crippen molar-refractivity contribution < 1.29 is 14.7 Å². The van der Waals surface area contributed by atoms with Gasteiger partial charge in [-0.3, -0.25) is 0 Å². The SMILES string of the molecule is CON=Cc1c(CNC(=O)O)n(C2CCN([C@H]3CC[C@@H](C(C)C)CC3)CC2)c2ncccc12. The molecule has 2 aromatic rings. The number of carboxylic acid groups (broad SMARTS) is 1. The van der Waals surface area contributed by atoms with Gasteiger partial charge in [0.25, 0.3) is 0 Å². The number of rotatable bonds is 7. The maximum absolute atomic E-state index is 11.3. The van der Waals surface area contributed by atoms with Crippen LogP contribution in [-0.4, -0.2) is 58.1 Å². The molecular formula is C25H37N5O3. The van der Waals surface area contributed by atoms with Crippen LogP contribution in [0.25, 0.3) is 11.0 Å². The highest BCUT2D eigenvalue weighted by molar-refractivity contribution is 5.99. The summed E-state index contributed by atoms with van der Waals surface area (Å²) in [5.41, 5.74) is 2.64. The Morgan fingerprint density at radius 3 is 2.61 bits per heavy atom. The van der Waals surface area contributed by atoms with E-state index in [4.69, 9.17) is 4.84 Å². The number of pyridine rings is 1. The summed E-state index contributed by atoms with van der Waals surface area (Å²) in [6, 6.07) is 4.91. The van der Waals surface area contributed by atoms with Gasteiger partial charge < -0.3 is 24.7 Å². The smallest absolute Gasteiger partial charge is 0.404 e. The number of nitrogens with zero attached hydrogens (tertiary/aromatic N) is 4. The Morgan fingerprint density at radius 2 is 1.97 bits per heavy atom. The summed E-state index contributed by atoms with van der Waals surface area (Å²) < 4.78 is 2.25. The Hall–Kier alpha value is -2.61. The van der Waals surface area contributed by atoms with Gasteiger partial charge in [0.15, 0.2) is 0 Å². The molecule has 2 fully saturated rings. The molecule has 1 amide bonds. The molecule has 1 aliphatic heterocycles. The van der Waals surface area contributed by atoms with Gasteiger partial charge in [0.1, 0.15) is 12.8 Å². The van der Waals surface area contributed by atoms with E-state index in [9.17, 15) is 9.90 Å². The van der Waals surface area contributed by atoms with Crippen molar-refractivity contribution in [3.8, 4) is 0 Å². The first-order valence-corrected chi connectivity index (χ1v) is 12.2. The third-order valence-corrected chi connectivity index (χ3v) is 7.67. The molecule has 180 valence electrons. The fourth-order valence-corrected chi connectivity index (χ4v) is 5.84. The van der Waals surface area contributed by atoms with E-state index in [0.717, 1.165) is 60.1 Å². The van der Waals surface area contributed by atoms with E-state index >= 15 is 0 Å². The molecule has 2 aliphatic rings. The van der Waals surface area contributed by atoms with E-state index in [1.165, 1.54) is 32.8 Å². The van der Waals surface area contributed by atoms with Crippen molar-refractivity contribution in [2.24, 2.45) is 17.0 Å². The minimum atomic E-state index is -1.04. The van der Waals surface area contributed by atoms with Crippen molar-refractivity contribution in [2.45, 2.75) is 71.0 Å². The summed E-state index contributed by atoms with van der Waals surface area (Å²) in [6.45, 7) is 7.06. The molecule has 2 aromatic heterocycles. The molecule has 0 radical (unpaired) electrons. The van der Waals surface area contributed by atoms with Gasteiger partial charge in [-0.25, -0.2) is 9.78 Å². The fourth-order valence-electron chi connectivity index (χ4n) is 5.84. The predicted octanol–water partition coefficient (Wildman–Crippen LogP) is 4.64. The molecule has 1 aliphatic carbocycles. The summed E-state index contributed by atoms with van der Waals surface area (Å²) in [5.74, 6) is 1.67. The zero-order valence-electron chi connectivity index (χ0n) is 20.0. The van der Waals surface area contributed by atoms with Gasteiger partial charge in [-0.2, -0.15) is 0 Å². The lowest BCUT2D eigenvalue weighted by atomic mass is 9.79. The second-order valence-electron chi connectivity index (χ2n) is 9.76. The number of piperidine rings is 1. The minimum Gasteiger partial charge on any atom is -0.465 e. The Kier molecular flexibility index (Phi) is 7.53. The summed E-state index contributed by atoms with van der Waals surface area (Å²) in [6.07, 6.45) is 9.81. The molecule has 1 saturated heterocycles. The van der Waals surface area contributed by atoms with Crippen LogP contribution in [0.1, 0.15) is 69.7 Å². The molecule has 0 spiro atoms. The Morgan fingerprint density at radius 1 is 1.24 bits per heavy atom. The molecule has 0 unspecified atom stereocenters. The monoisotopic (exact) mass is 455 g/mol. The molecular weight excluding hydrogens is 418 g/mol. The van der Waals surface area contributed by atoms with Crippen LogP contribution < -0.4 is 5.32 Å². The first-order valence-electron chi connectivity index (χ1n) is 12.2. The zero-order valence-corrected chi connectivity index (χ0v) is 20.0. The average Bonchev–Trinajstić information content (AvgIpc) is 3.14. The van der Waals surface area contributed by atoms with E-state index in [1.54, 1.807) is 12.4 Å². The summed E-state index contributed by atoms with van der Waals surface area (Å²) in [7, 11) is 1.51. The van der Waals surface area contributed by atoms with E-state index in [1.807, 2.05) is 12.1 Å². The molecule has 3 heterocycles. The Bertz CT molecular complexity index is 970. The topological polar surface area (TPSA) is 92.0 Å². The number of hydrogen-bond donors (Lipinski definition) is 2. The van der Waals surface area contributed by atoms with Crippen molar-refractivity contribution in [3.63, 3.8) is 0 Å². The van der Waals surface area contributed by atoms with Gasteiger partial charge in [-0.15, -0.1) is 0 Å². The summed E-state index contributed by atoms with van der Waals surface area (Å²) >= 11 is 0. The number of fused-ring (bicyclic) bond motifs is 1. The molecule has 1 saturated carbocycles. The second-order valence-corrected chi connectivity index (χ2v) is 9.76. The lowest BCUT2D eigenvalue weighted by Gasteiger charge is -2.42. The number of aromatic nitrogens is 2. The minimum absolute atomic E-state index is 0.205. The van der Waals surface area contributed by atoms with Crippen molar-refractivity contribution >= 4 is 23.3 Å². The third-order valence-electron chi connectivity index (χ3n) is 7.67. The van der Waals surface area contributed by atoms with E-state index in [0.29, 0.717) is 6.04 Å². The van der Waals surface area contributed by atoms with Crippen LogP contribution in [0.2, 0.25) is 0 Å². The Balaban J connectivity index is 1.55. The van der Waals surface area contributed by atoms with Gasteiger partial charge in [0.05, 0.1) is 12.8 Å². The van der Waals surface area contributed by atoms with Crippen LogP contribution in [-0.2, 0) is 11.4 Å². The summed E-state index contributed by atoms with van der Waals surface area (Å²) in [4.78, 5) is 23.6. The molecule has 0 bridgehead atoms. The normalized spacial score (nSPS) is 22.9. The molecule has 8 heteroatoms. The third kappa shape index (κ3) is 5.16. The second kappa shape index (κ2) is 10.5. The maximum atomic E-state index is 11.3. The molecule has 8 nitrogen and oxygen atoms in total. The van der Waals surface area contributed by atoms with Gasteiger partial charge >= 0.3 is 6.09 Å². The number of likely N-dealkylation sites (tertiary alicyclic amines) is 1. The molecule has 0 atom stereocenters. The number of nitrogens with one attached hydrogen (secondary N) is 1. The largest absolute Gasteiger partial charge is 0.465 e. The van der Waals surface area contributed by atoms with Crippen LogP contribution in [0.3, 0.4) is 0 Å². The van der Waals surface area contributed by atoms with Crippen LogP contribution in [0.5, 0.6) is 0 Å².